The Hall–Kier alpha value is -5.53. The molecular formula is C35H20N6S. The molecule has 0 saturated carbocycles. The van der Waals surface area contributed by atoms with E-state index in [0.29, 0.717) is 5.95 Å². The molecule has 0 N–H and O–H groups in total. The van der Waals surface area contributed by atoms with Gasteiger partial charge in [0.05, 0.1) is 44.0 Å². The summed E-state index contributed by atoms with van der Waals surface area (Å²) in [4.78, 5) is 15.5. The minimum absolute atomic E-state index is 0.651. The second-order valence-electron chi connectivity index (χ2n) is 10.6. The summed E-state index contributed by atoms with van der Waals surface area (Å²) in [6, 6.07) is 40.3. The summed E-state index contributed by atoms with van der Waals surface area (Å²) in [7, 11) is 0. The van der Waals surface area contributed by atoms with Crippen LogP contribution in [0.5, 0.6) is 0 Å². The SMILES string of the molecule is c1ccc(-n2c3ccccc3n3c4ccc5c6ccccc6n(-c6ncc7sc8ccccc8c7n6)c5c4nc23)cc1. The van der Waals surface area contributed by atoms with Crippen molar-refractivity contribution in [3.63, 3.8) is 0 Å². The van der Waals surface area contributed by atoms with Crippen molar-refractivity contribution in [3.05, 3.63) is 121 Å². The minimum Gasteiger partial charge on any atom is -0.278 e. The number of aromatic nitrogens is 6. The van der Waals surface area contributed by atoms with Crippen molar-refractivity contribution in [2.75, 3.05) is 0 Å². The molecule has 7 heteroatoms. The van der Waals surface area contributed by atoms with Crippen molar-refractivity contribution >= 4 is 81.3 Å². The molecule has 0 unspecified atom stereocenters. The van der Waals surface area contributed by atoms with Crippen LogP contribution in [0.2, 0.25) is 0 Å². The van der Waals surface area contributed by atoms with E-state index in [4.69, 9.17) is 15.0 Å². The number of thiophene rings is 1. The van der Waals surface area contributed by atoms with Gasteiger partial charge >= 0.3 is 0 Å². The van der Waals surface area contributed by atoms with Gasteiger partial charge in [0, 0.05) is 26.5 Å². The number of fused-ring (bicyclic) bond motifs is 12. The van der Waals surface area contributed by atoms with Crippen molar-refractivity contribution in [2.24, 2.45) is 0 Å². The summed E-state index contributed by atoms with van der Waals surface area (Å²) in [6.45, 7) is 0. The van der Waals surface area contributed by atoms with Crippen LogP contribution in [-0.4, -0.2) is 28.5 Å². The van der Waals surface area contributed by atoms with Crippen LogP contribution in [0.4, 0.5) is 0 Å². The van der Waals surface area contributed by atoms with Gasteiger partial charge in [0.25, 0.3) is 0 Å². The molecule has 0 saturated heterocycles. The zero-order chi connectivity index (χ0) is 27.4. The van der Waals surface area contributed by atoms with Gasteiger partial charge in [0.2, 0.25) is 11.7 Å². The van der Waals surface area contributed by atoms with Crippen molar-refractivity contribution in [1.29, 1.82) is 0 Å². The van der Waals surface area contributed by atoms with E-state index < -0.39 is 0 Å². The lowest BCUT2D eigenvalue weighted by Gasteiger charge is -2.07. The van der Waals surface area contributed by atoms with E-state index in [-0.39, 0.29) is 0 Å². The van der Waals surface area contributed by atoms with Gasteiger partial charge in [-0.15, -0.1) is 11.3 Å². The van der Waals surface area contributed by atoms with E-state index in [1.165, 1.54) is 4.70 Å². The normalized spacial score (nSPS) is 12.3. The van der Waals surface area contributed by atoms with E-state index in [2.05, 4.69) is 123 Å². The monoisotopic (exact) mass is 556 g/mol. The Labute approximate surface area is 242 Å². The summed E-state index contributed by atoms with van der Waals surface area (Å²) in [5.74, 6) is 1.53. The molecule has 0 aliphatic heterocycles. The third-order valence-corrected chi connectivity index (χ3v) is 9.42. The van der Waals surface area contributed by atoms with Crippen molar-refractivity contribution in [1.82, 2.24) is 28.5 Å². The van der Waals surface area contributed by atoms with Crippen LogP contribution < -0.4 is 0 Å². The van der Waals surface area contributed by atoms with Gasteiger partial charge in [-0.3, -0.25) is 13.5 Å². The first-order chi connectivity index (χ1) is 20.8. The fraction of sp³-hybridized carbons (Fsp3) is 0. The van der Waals surface area contributed by atoms with Crippen LogP contribution in [0.25, 0.3) is 81.6 Å². The average molecular weight is 557 g/mol. The van der Waals surface area contributed by atoms with Crippen LogP contribution in [-0.2, 0) is 0 Å². The van der Waals surface area contributed by atoms with Gasteiger partial charge in [-0.05, 0) is 48.5 Å². The Bertz CT molecular complexity index is 2690. The molecule has 5 aromatic heterocycles. The smallest absolute Gasteiger partial charge is 0.235 e. The first kappa shape index (κ1) is 22.2. The molecule has 0 aliphatic rings. The molecule has 0 atom stereocenters. The molecule has 6 nitrogen and oxygen atoms in total. The van der Waals surface area contributed by atoms with E-state index in [0.717, 1.165) is 70.9 Å². The maximum Gasteiger partial charge on any atom is 0.235 e. The highest BCUT2D eigenvalue weighted by Gasteiger charge is 2.23. The number of benzene rings is 5. The van der Waals surface area contributed by atoms with Crippen LogP contribution in [0.15, 0.2) is 121 Å². The molecule has 0 amide bonds. The quantitative estimate of drug-likeness (QED) is 0.214. The van der Waals surface area contributed by atoms with Gasteiger partial charge in [-0.25, -0.2) is 15.0 Å². The van der Waals surface area contributed by atoms with Crippen LogP contribution >= 0.6 is 11.3 Å². The number of para-hydroxylation sites is 4. The maximum absolute atomic E-state index is 5.39. The van der Waals surface area contributed by atoms with Crippen molar-refractivity contribution in [3.8, 4) is 11.6 Å². The molecule has 5 aromatic carbocycles. The third kappa shape index (κ3) is 2.80. The molecule has 10 rings (SSSR count). The summed E-state index contributed by atoms with van der Waals surface area (Å²) in [5.41, 5.74) is 8.34. The van der Waals surface area contributed by atoms with E-state index in [9.17, 15) is 0 Å². The highest BCUT2D eigenvalue weighted by Crippen LogP contribution is 2.39. The predicted octanol–water partition coefficient (Wildman–Crippen LogP) is 8.69. The summed E-state index contributed by atoms with van der Waals surface area (Å²) in [5, 5.41) is 3.44. The Morgan fingerprint density at radius 1 is 0.500 bits per heavy atom. The van der Waals surface area contributed by atoms with Crippen LogP contribution in [0, 0.1) is 0 Å². The number of hydrogen-bond donors (Lipinski definition) is 0. The largest absolute Gasteiger partial charge is 0.278 e. The highest BCUT2D eigenvalue weighted by atomic mass is 32.1. The van der Waals surface area contributed by atoms with Crippen molar-refractivity contribution < 1.29 is 0 Å². The number of hydrogen-bond acceptors (Lipinski definition) is 4. The zero-order valence-corrected chi connectivity index (χ0v) is 23.0. The molecule has 0 bridgehead atoms. The molecule has 5 heterocycles. The zero-order valence-electron chi connectivity index (χ0n) is 22.1. The Morgan fingerprint density at radius 3 is 2.12 bits per heavy atom. The lowest BCUT2D eigenvalue weighted by Crippen LogP contribution is -2.01. The number of rotatable bonds is 2. The standard InChI is InChI=1S/C35H20N6S/c1-2-10-21(11-3-1)39-26-15-7-8-16-27(26)40-28-19-18-23-22-12-4-6-14-25(22)41(33(23)32(28)38-35(39)40)34-36-20-30-31(37-34)24-13-5-9-17-29(24)42-30/h1-20H. The topological polar surface area (TPSA) is 52.9 Å². The average Bonchev–Trinajstić information content (AvgIpc) is 3.78. The number of imidazole rings is 2. The molecular weight excluding hydrogens is 536 g/mol. The molecule has 0 spiro atoms. The molecule has 42 heavy (non-hydrogen) atoms. The lowest BCUT2D eigenvalue weighted by molar-refractivity contribution is 1.02. The first-order valence-electron chi connectivity index (χ1n) is 13.9. The third-order valence-electron chi connectivity index (χ3n) is 8.32. The fourth-order valence-corrected chi connectivity index (χ4v) is 7.58. The number of nitrogens with zero attached hydrogens (tertiary/aromatic N) is 6. The van der Waals surface area contributed by atoms with Gasteiger partial charge in [-0.1, -0.05) is 66.7 Å². The summed E-state index contributed by atoms with van der Waals surface area (Å²) < 4.78 is 9.01. The summed E-state index contributed by atoms with van der Waals surface area (Å²) in [6.07, 6.45) is 1.96. The van der Waals surface area contributed by atoms with Gasteiger partial charge in [-0.2, -0.15) is 0 Å². The molecule has 0 fully saturated rings. The first-order valence-corrected chi connectivity index (χ1v) is 14.7. The van der Waals surface area contributed by atoms with Crippen LogP contribution in [0.1, 0.15) is 0 Å². The van der Waals surface area contributed by atoms with Gasteiger partial charge in [0.15, 0.2) is 0 Å². The lowest BCUT2D eigenvalue weighted by atomic mass is 10.1. The maximum atomic E-state index is 5.39. The second kappa shape index (κ2) is 8.02. The Kier molecular flexibility index (Phi) is 4.24. The Balaban J connectivity index is 1.38. The fourth-order valence-electron chi connectivity index (χ4n) is 6.56. The van der Waals surface area contributed by atoms with Crippen LogP contribution in [0.3, 0.4) is 0 Å². The minimum atomic E-state index is 0.651. The van der Waals surface area contributed by atoms with Gasteiger partial charge < -0.3 is 0 Å². The summed E-state index contributed by atoms with van der Waals surface area (Å²) >= 11 is 1.73. The van der Waals surface area contributed by atoms with E-state index in [1.807, 2.05) is 12.3 Å². The van der Waals surface area contributed by atoms with E-state index in [1.54, 1.807) is 11.3 Å². The van der Waals surface area contributed by atoms with Crippen molar-refractivity contribution in [2.45, 2.75) is 0 Å². The second-order valence-corrected chi connectivity index (χ2v) is 11.7. The predicted molar refractivity (Wildman–Crippen MR) is 172 cm³/mol. The molecule has 0 aliphatic carbocycles. The van der Waals surface area contributed by atoms with E-state index >= 15 is 0 Å². The Morgan fingerprint density at radius 2 is 1.24 bits per heavy atom. The molecule has 196 valence electrons. The highest BCUT2D eigenvalue weighted by molar-refractivity contribution is 7.25. The van der Waals surface area contributed by atoms with Gasteiger partial charge in [0.1, 0.15) is 5.52 Å². The molecule has 10 aromatic rings. The molecule has 0 radical (unpaired) electrons.